The van der Waals surface area contributed by atoms with Gasteiger partial charge in [-0.2, -0.15) is 0 Å². The fourth-order valence-electron chi connectivity index (χ4n) is 5.12. The first-order valence-electron chi connectivity index (χ1n) is 12.6. The molecule has 8 heteroatoms. The Balaban J connectivity index is 1.34. The lowest BCUT2D eigenvalue weighted by molar-refractivity contribution is -0.0353. The number of amides is 1. The van der Waals surface area contributed by atoms with E-state index in [-0.39, 0.29) is 29.9 Å². The first kappa shape index (κ1) is 24.9. The normalized spacial score (nSPS) is 21.4. The van der Waals surface area contributed by atoms with E-state index in [0.717, 1.165) is 22.3 Å². The third kappa shape index (κ3) is 5.16. The van der Waals surface area contributed by atoms with Crippen LogP contribution in [0.1, 0.15) is 62.2 Å². The van der Waals surface area contributed by atoms with Crippen molar-refractivity contribution >= 4 is 11.7 Å². The van der Waals surface area contributed by atoms with E-state index in [2.05, 4.69) is 5.32 Å². The highest BCUT2D eigenvalue weighted by Gasteiger charge is 2.30. The summed E-state index contributed by atoms with van der Waals surface area (Å²) in [4.78, 5) is 25.7. The van der Waals surface area contributed by atoms with Gasteiger partial charge in [0, 0.05) is 30.9 Å². The lowest BCUT2D eigenvalue weighted by Crippen LogP contribution is -2.48. The number of aliphatic hydroxyl groups excluding tert-OH is 1. The van der Waals surface area contributed by atoms with Crippen LogP contribution in [0.2, 0.25) is 0 Å². The molecular weight excluding hydrogens is 465 g/mol. The predicted octanol–water partition coefficient (Wildman–Crippen LogP) is 3.15. The Morgan fingerprint density at radius 2 is 1.94 bits per heavy atom. The first-order chi connectivity index (χ1) is 17.4. The average Bonchev–Trinajstić information content (AvgIpc) is 3.31. The Hall–Kier alpha value is -2.81. The lowest BCUT2D eigenvalue weighted by Gasteiger charge is -2.28. The summed E-state index contributed by atoms with van der Waals surface area (Å²) in [7, 11) is 0. The Bertz CT molecular complexity index is 1160. The summed E-state index contributed by atoms with van der Waals surface area (Å²) in [6, 6.07) is 6.18. The van der Waals surface area contributed by atoms with Crippen molar-refractivity contribution in [1.82, 2.24) is 5.32 Å². The number of ether oxygens (including phenoxy) is 3. The first-order valence-corrected chi connectivity index (χ1v) is 12.6. The van der Waals surface area contributed by atoms with Crippen molar-refractivity contribution in [2.45, 2.75) is 51.2 Å². The van der Waals surface area contributed by atoms with E-state index >= 15 is 0 Å². The highest BCUT2D eigenvalue weighted by atomic mass is 19.1. The van der Waals surface area contributed by atoms with E-state index in [4.69, 9.17) is 14.2 Å². The number of hydrogen-bond donors (Lipinski definition) is 2. The molecule has 36 heavy (non-hydrogen) atoms. The summed E-state index contributed by atoms with van der Waals surface area (Å²) in [5, 5.41) is 13.1. The van der Waals surface area contributed by atoms with Crippen LogP contribution >= 0.6 is 0 Å². The molecule has 5 rings (SSSR count). The zero-order valence-corrected chi connectivity index (χ0v) is 20.5. The van der Waals surface area contributed by atoms with Crippen molar-refractivity contribution in [1.29, 1.82) is 0 Å². The van der Waals surface area contributed by atoms with Crippen molar-refractivity contribution in [3.05, 3.63) is 63.5 Å². The van der Waals surface area contributed by atoms with Crippen molar-refractivity contribution < 1.29 is 33.3 Å². The van der Waals surface area contributed by atoms with Crippen LogP contribution in [0.3, 0.4) is 0 Å². The molecule has 3 aliphatic rings. The van der Waals surface area contributed by atoms with Gasteiger partial charge in [0.2, 0.25) is 0 Å². The van der Waals surface area contributed by atoms with Crippen LogP contribution in [-0.2, 0) is 22.3 Å². The van der Waals surface area contributed by atoms with Gasteiger partial charge in [0.25, 0.3) is 5.91 Å². The molecule has 0 radical (unpaired) electrons. The molecular formula is C28H32FNO6. The Morgan fingerprint density at radius 3 is 2.67 bits per heavy atom. The molecule has 192 valence electrons. The molecule has 0 aromatic heterocycles. The molecule has 2 aromatic carbocycles. The fourth-order valence-corrected chi connectivity index (χ4v) is 5.12. The molecule has 1 amide bonds. The van der Waals surface area contributed by atoms with Crippen molar-refractivity contribution in [3.8, 4) is 5.75 Å². The largest absolute Gasteiger partial charge is 0.492 e. The highest BCUT2D eigenvalue weighted by molar-refractivity contribution is 5.98. The van der Waals surface area contributed by atoms with Crippen molar-refractivity contribution in [3.63, 3.8) is 0 Å². The van der Waals surface area contributed by atoms with E-state index in [1.165, 1.54) is 6.07 Å². The molecule has 3 aliphatic heterocycles. The molecule has 2 fully saturated rings. The minimum atomic E-state index is -0.757. The smallest absolute Gasteiger partial charge is 0.255 e. The van der Waals surface area contributed by atoms with Gasteiger partial charge in [-0.15, -0.1) is 0 Å². The van der Waals surface area contributed by atoms with Gasteiger partial charge in [0.15, 0.2) is 5.78 Å². The van der Waals surface area contributed by atoms with Gasteiger partial charge in [0.1, 0.15) is 11.6 Å². The fraction of sp³-hybridized carbons (Fsp3) is 0.500. The Kier molecular flexibility index (Phi) is 7.37. The lowest BCUT2D eigenvalue weighted by atomic mass is 9.91. The molecule has 2 N–H and O–H groups in total. The minimum Gasteiger partial charge on any atom is -0.492 e. The summed E-state index contributed by atoms with van der Waals surface area (Å²) in [5.41, 5.74) is 4.18. The zero-order valence-electron chi connectivity index (χ0n) is 20.5. The van der Waals surface area contributed by atoms with E-state index in [0.29, 0.717) is 75.8 Å². The van der Waals surface area contributed by atoms with Crippen LogP contribution in [0.4, 0.5) is 4.39 Å². The number of carbonyl (C=O) groups excluding carboxylic acids is 2. The molecule has 7 nitrogen and oxygen atoms in total. The third-order valence-corrected chi connectivity index (χ3v) is 7.47. The Morgan fingerprint density at radius 1 is 1.11 bits per heavy atom. The summed E-state index contributed by atoms with van der Waals surface area (Å²) < 4.78 is 31.1. The van der Waals surface area contributed by atoms with Crippen LogP contribution in [-0.4, -0.2) is 62.0 Å². The van der Waals surface area contributed by atoms with E-state index in [9.17, 15) is 19.1 Å². The third-order valence-electron chi connectivity index (χ3n) is 7.47. The molecule has 0 bridgehead atoms. The van der Waals surface area contributed by atoms with Gasteiger partial charge in [-0.3, -0.25) is 9.59 Å². The maximum Gasteiger partial charge on any atom is 0.255 e. The van der Waals surface area contributed by atoms with Gasteiger partial charge in [-0.05, 0) is 61.1 Å². The van der Waals surface area contributed by atoms with Gasteiger partial charge in [-0.1, -0.05) is 6.07 Å². The number of aliphatic hydroxyl groups is 1. The second kappa shape index (κ2) is 10.7. The molecule has 0 spiro atoms. The predicted molar refractivity (Wildman–Crippen MR) is 130 cm³/mol. The second-order valence-electron chi connectivity index (χ2n) is 9.98. The molecule has 2 atom stereocenters. The minimum absolute atomic E-state index is 0.119. The number of benzene rings is 2. The van der Waals surface area contributed by atoms with Gasteiger partial charge in [0.05, 0.1) is 49.7 Å². The van der Waals surface area contributed by atoms with Crippen LogP contribution in [0.15, 0.2) is 24.3 Å². The zero-order chi connectivity index (χ0) is 25.2. The number of ketones is 1. The molecule has 3 heterocycles. The van der Waals surface area contributed by atoms with Crippen LogP contribution < -0.4 is 10.1 Å². The second-order valence-corrected chi connectivity index (χ2v) is 9.98. The van der Waals surface area contributed by atoms with Gasteiger partial charge >= 0.3 is 0 Å². The molecule has 2 saturated heterocycles. The SMILES string of the molecule is Cc1c(Cc2ccc(C(=O)CCC3COC3)c(F)c2)cc(C(=O)N[C@H]2CCOC[C@@H]2O)c2c1CCO2. The number of fused-ring (bicyclic) bond motifs is 1. The standard InChI is InChI=1S/C28H32FNO6/c1-16-19(10-17-2-4-21(23(29)11-17)25(31)5-3-18-13-35-14-18)12-22(27-20(16)6-9-36-27)28(33)30-24-7-8-34-15-26(24)32/h2,4,11-12,18,24,26,32H,3,5-10,13-15H2,1H3,(H,30,33)/t24-,26-/m0/s1. The molecule has 0 saturated carbocycles. The number of Topliss-reactive ketones (excluding diaryl/α,β-unsaturated/α-hetero) is 1. The molecule has 2 aromatic rings. The summed E-state index contributed by atoms with van der Waals surface area (Å²) in [6.07, 6.45) is 1.93. The summed E-state index contributed by atoms with van der Waals surface area (Å²) in [5.74, 6) is -0.0326. The number of carbonyl (C=O) groups is 2. The van der Waals surface area contributed by atoms with E-state index in [1.54, 1.807) is 18.2 Å². The van der Waals surface area contributed by atoms with Crippen LogP contribution in [0.5, 0.6) is 5.75 Å². The van der Waals surface area contributed by atoms with Crippen LogP contribution in [0, 0.1) is 18.7 Å². The number of hydrogen-bond acceptors (Lipinski definition) is 6. The number of rotatable bonds is 8. The molecule has 0 unspecified atom stereocenters. The maximum absolute atomic E-state index is 14.9. The van der Waals surface area contributed by atoms with Gasteiger partial charge < -0.3 is 24.6 Å². The summed E-state index contributed by atoms with van der Waals surface area (Å²) >= 11 is 0. The van der Waals surface area contributed by atoms with Gasteiger partial charge in [-0.25, -0.2) is 4.39 Å². The highest BCUT2D eigenvalue weighted by Crippen LogP contribution is 2.36. The van der Waals surface area contributed by atoms with E-state index in [1.807, 2.05) is 6.92 Å². The van der Waals surface area contributed by atoms with Crippen molar-refractivity contribution in [2.24, 2.45) is 5.92 Å². The number of nitrogens with one attached hydrogen (secondary N) is 1. The monoisotopic (exact) mass is 497 g/mol. The van der Waals surface area contributed by atoms with Crippen LogP contribution in [0.25, 0.3) is 0 Å². The number of halogens is 1. The molecule has 0 aliphatic carbocycles. The van der Waals surface area contributed by atoms with E-state index < -0.39 is 11.9 Å². The van der Waals surface area contributed by atoms with Crippen molar-refractivity contribution in [2.75, 3.05) is 33.0 Å². The maximum atomic E-state index is 14.9. The quantitative estimate of drug-likeness (QED) is 0.545. The topological polar surface area (TPSA) is 94.1 Å². The Labute approximate surface area is 209 Å². The average molecular weight is 498 g/mol. The summed E-state index contributed by atoms with van der Waals surface area (Å²) in [6.45, 7) is 4.51.